The molecule has 0 radical (unpaired) electrons. The molecule has 0 nitrogen and oxygen atoms in total. The van der Waals surface area contributed by atoms with Crippen LogP contribution in [0.1, 0.15) is 71.1 Å². The van der Waals surface area contributed by atoms with Gasteiger partial charge in [-0.3, -0.25) is 0 Å². The minimum atomic E-state index is -1.01. The number of hydrogen-bond acceptors (Lipinski definition) is 0. The summed E-state index contributed by atoms with van der Waals surface area (Å²) in [6.45, 7) is 2.29. The van der Waals surface area contributed by atoms with E-state index in [-0.39, 0.29) is 0 Å². The van der Waals surface area contributed by atoms with E-state index in [0.29, 0.717) is 0 Å². The summed E-state index contributed by atoms with van der Waals surface area (Å²) in [5, 5.41) is 1.56. The summed E-state index contributed by atoms with van der Waals surface area (Å²) in [7, 11) is 0. The fourth-order valence-corrected chi connectivity index (χ4v) is 3.76. The molecule has 0 aromatic rings. The van der Waals surface area contributed by atoms with E-state index >= 15 is 0 Å². The lowest BCUT2D eigenvalue weighted by atomic mass is 10.1. The highest BCUT2D eigenvalue weighted by Gasteiger charge is 2.08. The normalized spacial score (nSPS) is 12.0. The zero-order valence-corrected chi connectivity index (χ0v) is 13.5. The van der Waals surface area contributed by atoms with Crippen LogP contribution in [0.4, 0.5) is 0 Å². The van der Waals surface area contributed by atoms with E-state index in [9.17, 15) is 0 Å². The Morgan fingerprint density at radius 2 is 0.938 bits per heavy atom. The summed E-state index contributed by atoms with van der Waals surface area (Å²) < 4.78 is 0. The van der Waals surface area contributed by atoms with Gasteiger partial charge in [-0.25, -0.2) is 17.4 Å². The molecule has 0 atom stereocenters. The Balaban J connectivity index is 2.99. The summed E-state index contributed by atoms with van der Waals surface area (Å²) in [6.07, 6.45) is 14.7. The second-order valence-corrected chi connectivity index (χ2v) is 13.4. The molecule has 0 unspecified atom stereocenters. The van der Waals surface area contributed by atoms with Crippen molar-refractivity contribution in [1.82, 2.24) is 0 Å². The second kappa shape index (κ2) is 10.7. The van der Waals surface area contributed by atoms with Crippen molar-refractivity contribution >= 4 is 13.1 Å². The van der Waals surface area contributed by atoms with Crippen LogP contribution in [0.3, 0.4) is 0 Å². The van der Waals surface area contributed by atoms with Crippen molar-refractivity contribution in [2.45, 2.75) is 93.8 Å². The van der Waals surface area contributed by atoms with Gasteiger partial charge in [-0.15, -0.1) is 0 Å². The van der Waals surface area contributed by atoms with Crippen LogP contribution < -0.4 is 0 Å². The van der Waals surface area contributed by atoms with Crippen molar-refractivity contribution < 1.29 is 0 Å². The second-order valence-electron chi connectivity index (χ2n) is 6.93. The Labute approximate surface area is 107 Å². The first-order valence-electron chi connectivity index (χ1n) is 7.85. The van der Waals surface area contributed by atoms with Crippen LogP contribution in [-0.4, -0.2) is 13.1 Å². The van der Waals surface area contributed by atoms with Gasteiger partial charge in [0, 0.05) is 0 Å². The summed E-state index contributed by atoms with van der Waals surface area (Å²) >= 11 is -1.01. The van der Waals surface area contributed by atoms with Crippen molar-refractivity contribution in [3.05, 3.63) is 0 Å². The molecular formula is C15H34Al-. The van der Waals surface area contributed by atoms with E-state index in [2.05, 4.69) is 24.3 Å². The van der Waals surface area contributed by atoms with E-state index < -0.39 is 13.1 Å². The molecule has 1 heteroatoms. The molecule has 0 fully saturated rings. The van der Waals surface area contributed by atoms with Gasteiger partial charge < -0.3 is 0 Å². The largest absolute Gasteiger partial charge is 0.204 e. The molecule has 16 heavy (non-hydrogen) atoms. The van der Waals surface area contributed by atoms with Crippen molar-refractivity contribution in [2.75, 3.05) is 0 Å². The highest BCUT2D eigenvalue weighted by Crippen LogP contribution is 2.16. The highest BCUT2D eigenvalue weighted by atomic mass is 27.2. The Morgan fingerprint density at radius 3 is 1.31 bits per heavy atom. The molecule has 0 saturated heterocycles. The van der Waals surface area contributed by atoms with Gasteiger partial charge in [-0.1, -0.05) is 71.1 Å². The summed E-state index contributed by atoms with van der Waals surface area (Å²) in [4.78, 5) is 0. The lowest BCUT2D eigenvalue weighted by molar-refractivity contribution is 0.561. The third-order valence-corrected chi connectivity index (χ3v) is 5.56. The quantitative estimate of drug-likeness (QED) is 0.296. The van der Waals surface area contributed by atoms with Gasteiger partial charge in [0.2, 0.25) is 0 Å². The Morgan fingerprint density at radius 1 is 0.562 bits per heavy atom. The maximum absolute atomic E-state index is 2.51. The zero-order chi connectivity index (χ0) is 12.3. The molecule has 0 aromatic heterocycles. The van der Waals surface area contributed by atoms with Crippen LogP contribution in [0.5, 0.6) is 0 Å². The predicted molar refractivity (Wildman–Crippen MR) is 80.0 cm³/mol. The fourth-order valence-electron chi connectivity index (χ4n) is 2.24. The first-order valence-corrected chi connectivity index (χ1v) is 12.1. The molecule has 0 aliphatic heterocycles. The topological polar surface area (TPSA) is 0 Å². The first kappa shape index (κ1) is 16.5. The number of rotatable bonds is 11. The molecule has 0 rings (SSSR count). The van der Waals surface area contributed by atoms with Crippen molar-refractivity contribution in [3.8, 4) is 0 Å². The lowest BCUT2D eigenvalue weighted by Crippen LogP contribution is -2.18. The van der Waals surface area contributed by atoms with Crippen molar-refractivity contribution in [1.29, 1.82) is 0 Å². The van der Waals surface area contributed by atoms with E-state index in [0.717, 1.165) is 0 Å². The summed E-state index contributed by atoms with van der Waals surface area (Å²) in [5.41, 5.74) is 0. The van der Waals surface area contributed by atoms with Gasteiger partial charge in [0.15, 0.2) is 0 Å². The Bertz CT molecular complexity index is 135. The summed E-state index contributed by atoms with van der Waals surface area (Å²) in [6, 6.07) is 0. The molecule has 0 spiro atoms. The molecule has 0 aliphatic carbocycles. The van der Waals surface area contributed by atoms with Gasteiger partial charge in [-0.05, 0) is 0 Å². The smallest absolute Gasteiger partial charge is 0.124 e. The van der Waals surface area contributed by atoms with Crippen molar-refractivity contribution in [3.63, 3.8) is 0 Å². The molecule has 98 valence electrons. The molecule has 0 N–H and O–H groups in total. The molecule has 0 bridgehead atoms. The monoisotopic (exact) mass is 241 g/mol. The van der Waals surface area contributed by atoms with Crippen LogP contribution in [0.2, 0.25) is 22.6 Å². The minimum Gasteiger partial charge on any atom is -0.204 e. The van der Waals surface area contributed by atoms with E-state index in [1.807, 2.05) is 0 Å². The molecular weight excluding hydrogens is 207 g/mol. The number of hydrogen-bond donors (Lipinski definition) is 0. The van der Waals surface area contributed by atoms with E-state index in [4.69, 9.17) is 0 Å². The predicted octanol–water partition coefficient (Wildman–Crippen LogP) is 6.25. The maximum Gasteiger partial charge on any atom is 0.124 e. The number of unbranched alkanes of at least 4 members (excludes halogenated alkanes) is 9. The third-order valence-electron chi connectivity index (χ3n) is 3.42. The van der Waals surface area contributed by atoms with Crippen molar-refractivity contribution in [2.24, 2.45) is 0 Å². The highest BCUT2D eigenvalue weighted by molar-refractivity contribution is 6.76. The lowest BCUT2D eigenvalue weighted by Gasteiger charge is -2.18. The van der Waals surface area contributed by atoms with Crippen LogP contribution in [0.25, 0.3) is 0 Å². The third kappa shape index (κ3) is 14.5. The first-order chi connectivity index (χ1) is 7.56. The van der Waals surface area contributed by atoms with Crippen LogP contribution in [0.15, 0.2) is 0 Å². The van der Waals surface area contributed by atoms with Gasteiger partial charge in [-0.2, -0.15) is 5.28 Å². The minimum absolute atomic E-state index is 1.01. The molecule has 0 aliphatic rings. The molecule has 0 saturated carbocycles. The molecule has 0 aromatic carbocycles. The van der Waals surface area contributed by atoms with Gasteiger partial charge >= 0.3 is 0 Å². The molecule has 0 amide bonds. The Hall–Kier alpha value is 0.532. The summed E-state index contributed by atoms with van der Waals surface area (Å²) in [5.74, 6) is 7.54. The standard InChI is InChI=1S/C12H25.3CH3.Al/c1-3-5-7-9-11-12-10-8-6-4-2;;;;/h1,3-12H2,2H3;3*1H3;/q;;;;-1. The van der Waals surface area contributed by atoms with E-state index in [1.54, 1.807) is 5.28 Å². The van der Waals surface area contributed by atoms with Crippen LogP contribution >= 0.6 is 0 Å². The van der Waals surface area contributed by atoms with Crippen LogP contribution in [0, 0.1) is 0 Å². The Kier molecular flexibility index (Phi) is 11.0. The van der Waals surface area contributed by atoms with Gasteiger partial charge in [0.05, 0.1) is 0 Å². The zero-order valence-electron chi connectivity index (χ0n) is 12.4. The van der Waals surface area contributed by atoms with E-state index in [1.165, 1.54) is 64.2 Å². The van der Waals surface area contributed by atoms with Crippen LogP contribution in [-0.2, 0) is 0 Å². The maximum atomic E-state index is 2.51. The van der Waals surface area contributed by atoms with Gasteiger partial charge in [0.1, 0.15) is 13.1 Å². The fraction of sp³-hybridized carbons (Fsp3) is 1.00. The SMILES string of the molecule is CCCCCCCCCCC[CH2][Al-]([CH3])([CH3])[CH3]. The molecule has 0 heterocycles. The average molecular weight is 241 g/mol. The average Bonchev–Trinajstić information content (AvgIpc) is 2.19. The van der Waals surface area contributed by atoms with Gasteiger partial charge in [0.25, 0.3) is 0 Å².